The number of amides is 1. The highest BCUT2D eigenvalue weighted by atomic mass is 32.1. The molecule has 0 N–H and O–H groups in total. The van der Waals surface area contributed by atoms with E-state index in [9.17, 15) is 4.79 Å². The predicted molar refractivity (Wildman–Crippen MR) is 116 cm³/mol. The van der Waals surface area contributed by atoms with Crippen molar-refractivity contribution < 1.29 is 9.53 Å². The maximum absolute atomic E-state index is 13.1. The number of carbonyl (C=O) groups is 1. The molecule has 3 aromatic rings. The molecule has 2 atom stereocenters. The predicted octanol–water partition coefficient (Wildman–Crippen LogP) is 2.78. The molecular weight excluding hydrogens is 398 g/mol. The summed E-state index contributed by atoms with van der Waals surface area (Å²) in [5.41, 5.74) is 3.25. The van der Waals surface area contributed by atoms with Gasteiger partial charge in [-0.05, 0) is 54.0 Å². The van der Waals surface area contributed by atoms with Gasteiger partial charge in [-0.1, -0.05) is 16.6 Å². The fourth-order valence-corrected chi connectivity index (χ4v) is 4.56. The molecular formula is C22H25N5O2S. The number of ether oxygens (including phenoxy) is 1. The maximum atomic E-state index is 13.1. The number of likely N-dealkylation sites (N-methyl/N-ethyl adjacent to an activating group) is 1. The van der Waals surface area contributed by atoms with Crippen LogP contribution in [0.1, 0.15) is 28.7 Å². The highest BCUT2D eigenvalue weighted by molar-refractivity contribution is 7.03. The van der Waals surface area contributed by atoms with Crippen LogP contribution >= 0.6 is 11.5 Å². The van der Waals surface area contributed by atoms with Crippen molar-refractivity contribution in [1.29, 1.82) is 0 Å². The average Bonchev–Trinajstić information content (AvgIpc) is 3.44. The molecule has 0 saturated carbocycles. The Morgan fingerprint density at radius 1 is 1.23 bits per heavy atom. The molecule has 0 unspecified atom stereocenters. The van der Waals surface area contributed by atoms with Gasteiger partial charge < -0.3 is 9.64 Å². The normalized spacial score (nSPS) is 18.7. The first kappa shape index (κ1) is 20.4. The first-order chi connectivity index (χ1) is 14.6. The minimum absolute atomic E-state index is 0.130. The number of methoxy groups -OCH3 is 1. The first-order valence-electron chi connectivity index (χ1n) is 9.90. The number of hydrogen-bond donors (Lipinski definition) is 0. The summed E-state index contributed by atoms with van der Waals surface area (Å²) < 4.78 is 9.45. The van der Waals surface area contributed by atoms with Crippen molar-refractivity contribution in [2.45, 2.75) is 18.4 Å². The van der Waals surface area contributed by atoms with Crippen LogP contribution in [-0.2, 0) is 11.3 Å². The summed E-state index contributed by atoms with van der Waals surface area (Å²) in [6.07, 6.45) is 3.55. The number of aromatic nitrogens is 3. The van der Waals surface area contributed by atoms with Gasteiger partial charge in [0.25, 0.3) is 0 Å². The minimum Gasteiger partial charge on any atom is -0.497 e. The maximum Gasteiger partial charge on any atom is 0.236 e. The van der Waals surface area contributed by atoms with E-state index < -0.39 is 0 Å². The molecule has 0 bridgehead atoms. The Hall–Kier alpha value is -2.84. The second kappa shape index (κ2) is 9.32. The Bertz CT molecular complexity index is 967. The van der Waals surface area contributed by atoms with Crippen molar-refractivity contribution in [2.24, 2.45) is 0 Å². The number of benzene rings is 1. The molecule has 30 heavy (non-hydrogen) atoms. The van der Waals surface area contributed by atoms with Gasteiger partial charge in [-0.3, -0.25) is 14.7 Å². The molecule has 1 aliphatic heterocycles. The number of likely N-dealkylation sites (tertiary alicyclic amines) is 1. The summed E-state index contributed by atoms with van der Waals surface area (Å²) >= 11 is 1.35. The third kappa shape index (κ3) is 4.66. The zero-order valence-corrected chi connectivity index (χ0v) is 18.0. The quantitative estimate of drug-likeness (QED) is 0.582. The summed E-state index contributed by atoms with van der Waals surface area (Å²) in [7, 11) is 3.64. The Labute approximate surface area is 180 Å². The largest absolute Gasteiger partial charge is 0.497 e. The lowest BCUT2D eigenvalue weighted by Crippen LogP contribution is -2.37. The van der Waals surface area contributed by atoms with Crippen LogP contribution in [0.15, 0.2) is 54.2 Å². The van der Waals surface area contributed by atoms with Crippen LogP contribution in [0, 0.1) is 0 Å². The first-order valence-corrected chi connectivity index (χ1v) is 10.7. The summed E-state index contributed by atoms with van der Waals surface area (Å²) in [4.78, 5) is 21.1. The molecule has 2 aromatic heterocycles. The van der Waals surface area contributed by atoms with Gasteiger partial charge in [-0.25, -0.2) is 0 Å². The zero-order chi connectivity index (χ0) is 20.9. The molecule has 8 heteroatoms. The molecule has 1 aromatic carbocycles. The number of carbonyl (C=O) groups excluding carboxylic acids is 1. The summed E-state index contributed by atoms with van der Waals surface area (Å²) in [6, 6.07) is 12.0. The van der Waals surface area contributed by atoms with Crippen LogP contribution in [0.3, 0.4) is 0 Å². The molecule has 7 nitrogen and oxygen atoms in total. The van der Waals surface area contributed by atoms with E-state index in [0.29, 0.717) is 26.2 Å². The summed E-state index contributed by atoms with van der Waals surface area (Å²) in [5, 5.41) is 6.30. The minimum atomic E-state index is 0.130. The van der Waals surface area contributed by atoms with Crippen molar-refractivity contribution in [1.82, 2.24) is 24.4 Å². The van der Waals surface area contributed by atoms with Crippen molar-refractivity contribution in [3.05, 3.63) is 71.0 Å². The van der Waals surface area contributed by atoms with E-state index in [4.69, 9.17) is 4.74 Å². The van der Waals surface area contributed by atoms with Crippen LogP contribution in [0.25, 0.3) is 0 Å². The fourth-order valence-electron chi connectivity index (χ4n) is 4.04. The molecule has 156 valence electrons. The lowest BCUT2D eigenvalue weighted by Gasteiger charge is -2.21. The Morgan fingerprint density at radius 3 is 2.77 bits per heavy atom. The zero-order valence-electron chi connectivity index (χ0n) is 17.1. The molecule has 1 fully saturated rings. The molecule has 1 amide bonds. The van der Waals surface area contributed by atoms with Gasteiger partial charge in [-0.15, -0.1) is 5.10 Å². The van der Waals surface area contributed by atoms with Gasteiger partial charge in [0.15, 0.2) is 0 Å². The van der Waals surface area contributed by atoms with Gasteiger partial charge in [0.05, 0.1) is 19.3 Å². The monoisotopic (exact) mass is 423 g/mol. The van der Waals surface area contributed by atoms with Crippen LogP contribution in [0.2, 0.25) is 0 Å². The van der Waals surface area contributed by atoms with Crippen molar-refractivity contribution >= 4 is 17.4 Å². The van der Waals surface area contributed by atoms with E-state index >= 15 is 0 Å². The molecule has 0 aliphatic carbocycles. The van der Waals surface area contributed by atoms with Gasteiger partial charge >= 0.3 is 0 Å². The van der Waals surface area contributed by atoms with Crippen LogP contribution < -0.4 is 4.74 Å². The number of rotatable bonds is 7. The Kier molecular flexibility index (Phi) is 6.35. The summed E-state index contributed by atoms with van der Waals surface area (Å²) in [6.45, 7) is 2.39. The van der Waals surface area contributed by atoms with Crippen LogP contribution in [0.5, 0.6) is 5.75 Å². The van der Waals surface area contributed by atoms with Crippen molar-refractivity contribution in [2.75, 3.05) is 33.8 Å². The van der Waals surface area contributed by atoms with E-state index in [1.807, 2.05) is 46.5 Å². The lowest BCUT2D eigenvalue weighted by atomic mass is 9.87. The topological polar surface area (TPSA) is 71.5 Å². The third-order valence-electron chi connectivity index (χ3n) is 5.56. The summed E-state index contributed by atoms with van der Waals surface area (Å²) in [5.74, 6) is 1.25. The second-order valence-corrected chi connectivity index (χ2v) is 8.26. The molecule has 4 rings (SSSR count). The van der Waals surface area contributed by atoms with Gasteiger partial charge in [0.2, 0.25) is 5.91 Å². The Morgan fingerprint density at radius 2 is 2.03 bits per heavy atom. The standard InChI is InChI=1S/C22H25N5O2S/c1-26(11-16-6-8-23-9-7-16)14-22(28)27-12-19(17-4-3-5-18(10-17)29-2)20(13-27)21-15-30-25-24-21/h3-10,15,19-20H,11-14H2,1-2H3/t19-,20+/m0/s1. The van der Waals surface area contributed by atoms with Crippen LogP contribution in [-0.4, -0.2) is 64.1 Å². The fraction of sp³-hybridized carbons (Fsp3) is 0.364. The van der Waals surface area contributed by atoms with E-state index in [1.165, 1.54) is 11.5 Å². The smallest absolute Gasteiger partial charge is 0.236 e. The van der Waals surface area contributed by atoms with E-state index in [2.05, 4.69) is 26.7 Å². The number of nitrogens with zero attached hydrogens (tertiary/aromatic N) is 5. The molecule has 0 spiro atoms. The Balaban J connectivity index is 1.48. The second-order valence-electron chi connectivity index (χ2n) is 7.65. The van der Waals surface area contributed by atoms with E-state index in [1.54, 1.807) is 19.5 Å². The van der Waals surface area contributed by atoms with Crippen molar-refractivity contribution in [3.63, 3.8) is 0 Å². The van der Waals surface area contributed by atoms with Gasteiger partial charge in [-0.2, -0.15) is 0 Å². The molecule has 3 heterocycles. The lowest BCUT2D eigenvalue weighted by molar-refractivity contribution is -0.131. The SMILES string of the molecule is COc1cccc([C@@H]2CN(C(=O)CN(C)Cc3ccncc3)C[C@H]2c2csnn2)c1. The molecule has 1 saturated heterocycles. The highest BCUT2D eigenvalue weighted by Gasteiger charge is 2.38. The van der Waals surface area contributed by atoms with Crippen molar-refractivity contribution in [3.8, 4) is 5.75 Å². The number of hydrogen-bond acceptors (Lipinski definition) is 7. The van der Waals surface area contributed by atoms with Gasteiger partial charge in [0, 0.05) is 49.2 Å². The molecule has 1 aliphatic rings. The van der Waals surface area contributed by atoms with Crippen LogP contribution in [0.4, 0.5) is 0 Å². The molecule has 0 radical (unpaired) electrons. The number of pyridine rings is 1. The van der Waals surface area contributed by atoms with E-state index in [0.717, 1.165) is 22.6 Å². The third-order valence-corrected chi connectivity index (χ3v) is 6.08. The highest BCUT2D eigenvalue weighted by Crippen LogP contribution is 2.40. The average molecular weight is 424 g/mol. The van der Waals surface area contributed by atoms with Gasteiger partial charge in [0.1, 0.15) is 5.75 Å². The van der Waals surface area contributed by atoms with E-state index in [-0.39, 0.29) is 17.7 Å².